The van der Waals surface area contributed by atoms with Crippen LogP contribution in [0.15, 0.2) is 48.5 Å². The van der Waals surface area contributed by atoms with Gasteiger partial charge in [-0.3, -0.25) is 4.79 Å². The van der Waals surface area contributed by atoms with Gasteiger partial charge in [-0.2, -0.15) is 4.31 Å². The Morgan fingerprint density at radius 1 is 1.03 bits per heavy atom. The summed E-state index contributed by atoms with van der Waals surface area (Å²) in [4.78, 5) is 14.6. The Bertz CT molecular complexity index is 982. The molecule has 168 valence electrons. The Balaban J connectivity index is 1.55. The SMILES string of the molecule is CC(C)Oc1cccc(CNC(=O)c2ccc(CS(=O)(=O)N3CCN(C)CC3)cc2)c1. The van der Waals surface area contributed by atoms with Crippen LogP contribution in [0.5, 0.6) is 5.75 Å². The Kier molecular flexibility index (Phi) is 7.69. The molecule has 0 spiro atoms. The van der Waals surface area contributed by atoms with E-state index < -0.39 is 10.0 Å². The summed E-state index contributed by atoms with van der Waals surface area (Å²) in [6.07, 6.45) is 0.0865. The number of carbonyl (C=O) groups is 1. The highest BCUT2D eigenvalue weighted by molar-refractivity contribution is 7.88. The number of nitrogens with zero attached hydrogens (tertiary/aromatic N) is 2. The molecule has 0 radical (unpaired) electrons. The first kappa shape index (κ1) is 23.2. The third-order valence-corrected chi connectivity index (χ3v) is 6.99. The first-order valence-corrected chi connectivity index (χ1v) is 12.1. The van der Waals surface area contributed by atoms with Crippen LogP contribution in [0.1, 0.15) is 35.3 Å². The molecule has 2 aromatic rings. The van der Waals surface area contributed by atoms with Crippen LogP contribution in [0.2, 0.25) is 0 Å². The van der Waals surface area contributed by atoms with Crippen molar-refractivity contribution in [2.75, 3.05) is 33.2 Å². The molecule has 1 heterocycles. The van der Waals surface area contributed by atoms with Crippen LogP contribution in [0, 0.1) is 0 Å². The molecule has 1 amide bonds. The van der Waals surface area contributed by atoms with Crippen molar-refractivity contribution in [2.45, 2.75) is 32.2 Å². The summed E-state index contributed by atoms with van der Waals surface area (Å²) < 4.78 is 32.5. The second-order valence-electron chi connectivity index (χ2n) is 8.15. The standard InChI is InChI=1S/C23H31N3O4S/c1-18(2)30-22-6-4-5-20(15-22)16-24-23(27)21-9-7-19(8-10-21)17-31(28,29)26-13-11-25(3)12-14-26/h4-10,15,18H,11-14,16-17H2,1-3H3,(H,24,27). The molecule has 0 aromatic heterocycles. The largest absolute Gasteiger partial charge is 0.491 e. The average molecular weight is 446 g/mol. The number of sulfonamides is 1. The molecule has 0 atom stereocenters. The van der Waals surface area contributed by atoms with Gasteiger partial charge in [-0.15, -0.1) is 0 Å². The van der Waals surface area contributed by atoms with E-state index in [1.165, 1.54) is 0 Å². The lowest BCUT2D eigenvalue weighted by molar-refractivity contribution is 0.0950. The zero-order valence-electron chi connectivity index (χ0n) is 18.4. The van der Waals surface area contributed by atoms with Crippen molar-refractivity contribution < 1.29 is 17.9 Å². The van der Waals surface area contributed by atoms with Gasteiger partial charge >= 0.3 is 0 Å². The van der Waals surface area contributed by atoms with Crippen LogP contribution in [-0.2, 0) is 22.3 Å². The summed E-state index contributed by atoms with van der Waals surface area (Å²) >= 11 is 0. The van der Waals surface area contributed by atoms with Gasteiger partial charge < -0.3 is 15.0 Å². The van der Waals surface area contributed by atoms with Crippen molar-refractivity contribution in [3.63, 3.8) is 0 Å². The lowest BCUT2D eigenvalue weighted by Crippen LogP contribution is -2.47. The van der Waals surface area contributed by atoms with Crippen LogP contribution >= 0.6 is 0 Å². The van der Waals surface area contributed by atoms with Gasteiger partial charge in [0.25, 0.3) is 5.91 Å². The number of hydrogen-bond donors (Lipinski definition) is 1. The highest BCUT2D eigenvalue weighted by Gasteiger charge is 2.25. The van der Waals surface area contributed by atoms with Gasteiger partial charge in [0.15, 0.2) is 0 Å². The van der Waals surface area contributed by atoms with Gasteiger partial charge in [-0.25, -0.2) is 8.42 Å². The molecule has 1 fully saturated rings. The van der Waals surface area contributed by atoms with Gasteiger partial charge in [-0.05, 0) is 56.3 Å². The second kappa shape index (κ2) is 10.3. The maximum Gasteiger partial charge on any atom is 0.251 e. The summed E-state index contributed by atoms with van der Waals surface area (Å²) in [5.41, 5.74) is 2.12. The molecule has 0 unspecified atom stereocenters. The van der Waals surface area contributed by atoms with Crippen LogP contribution in [0.25, 0.3) is 0 Å². The minimum absolute atomic E-state index is 0.0543. The highest BCUT2D eigenvalue weighted by Crippen LogP contribution is 2.16. The van der Waals surface area contributed by atoms with Crippen molar-refractivity contribution in [2.24, 2.45) is 0 Å². The van der Waals surface area contributed by atoms with Gasteiger partial charge in [0.2, 0.25) is 10.0 Å². The first-order chi connectivity index (χ1) is 14.7. The van der Waals surface area contributed by atoms with Crippen molar-refractivity contribution in [3.05, 3.63) is 65.2 Å². The van der Waals surface area contributed by atoms with E-state index in [2.05, 4.69) is 10.2 Å². The van der Waals surface area contributed by atoms with E-state index in [0.717, 1.165) is 24.4 Å². The summed E-state index contributed by atoms with van der Waals surface area (Å²) in [6, 6.07) is 14.4. The number of rotatable bonds is 8. The fraction of sp³-hybridized carbons (Fsp3) is 0.435. The van der Waals surface area contributed by atoms with Gasteiger partial charge in [0.05, 0.1) is 11.9 Å². The number of piperazine rings is 1. The second-order valence-corrected chi connectivity index (χ2v) is 10.1. The zero-order chi connectivity index (χ0) is 22.4. The molecule has 0 aliphatic carbocycles. The lowest BCUT2D eigenvalue weighted by atomic mass is 10.1. The molecule has 1 N–H and O–H groups in total. The van der Waals surface area contributed by atoms with E-state index in [9.17, 15) is 13.2 Å². The minimum atomic E-state index is -3.36. The van der Waals surface area contributed by atoms with E-state index in [-0.39, 0.29) is 17.8 Å². The normalized spacial score (nSPS) is 15.7. The Morgan fingerprint density at radius 3 is 2.35 bits per heavy atom. The predicted molar refractivity (Wildman–Crippen MR) is 122 cm³/mol. The molecule has 1 aliphatic rings. The van der Waals surface area contributed by atoms with Crippen LogP contribution in [-0.4, -0.2) is 62.9 Å². The third-order valence-electron chi connectivity index (χ3n) is 5.14. The lowest BCUT2D eigenvalue weighted by Gasteiger charge is -2.31. The molecule has 3 rings (SSSR count). The highest BCUT2D eigenvalue weighted by atomic mass is 32.2. The topological polar surface area (TPSA) is 78.9 Å². The van der Waals surface area contributed by atoms with Gasteiger partial charge in [0, 0.05) is 38.3 Å². The molecule has 8 heteroatoms. The van der Waals surface area contributed by atoms with Crippen LogP contribution < -0.4 is 10.1 Å². The molecule has 1 saturated heterocycles. The van der Waals surface area contributed by atoms with Crippen molar-refractivity contribution in [1.82, 2.24) is 14.5 Å². The monoisotopic (exact) mass is 445 g/mol. The fourth-order valence-electron chi connectivity index (χ4n) is 3.41. The predicted octanol–water partition coefficient (Wildman–Crippen LogP) is 2.48. The van der Waals surface area contributed by atoms with Gasteiger partial charge in [0.1, 0.15) is 5.75 Å². The molecular weight excluding hydrogens is 414 g/mol. The number of hydrogen-bond acceptors (Lipinski definition) is 5. The van der Waals surface area contributed by atoms with E-state index in [0.29, 0.717) is 30.8 Å². The molecular formula is C23H31N3O4S. The number of ether oxygens (including phenoxy) is 1. The Morgan fingerprint density at radius 2 is 1.71 bits per heavy atom. The van der Waals surface area contributed by atoms with Crippen molar-refractivity contribution in [3.8, 4) is 5.75 Å². The average Bonchev–Trinajstić information content (AvgIpc) is 2.72. The van der Waals surface area contributed by atoms with Crippen LogP contribution in [0.3, 0.4) is 0 Å². The third kappa shape index (κ3) is 6.78. The minimum Gasteiger partial charge on any atom is -0.491 e. The molecule has 1 aliphatic heterocycles. The summed E-state index contributed by atoms with van der Waals surface area (Å²) in [5, 5.41) is 2.89. The summed E-state index contributed by atoms with van der Waals surface area (Å²) in [7, 11) is -1.37. The molecule has 2 aromatic carbocycles. The fourth-order valence-corrected chi connectivity index (χ4v) is 4.92. The number of carbonyl (C=O) groups excluding carboxylic acids is 1. The maximum absolute atomic E-state index is 12.7. The van der Waals surface area contributed by atoms with Crippen molar-refractivity contribution >= 4 is 15.9 Å². The van der Waals surface area contributed by atoms with Crippen molar-refractivity contribution in [1.29, 1.82) is 0 Å². The number of benzene rings is 2. The maximum atomic E-state index is 12.7. The number of amides is 1. The molecule has 0 saturated carbocycles. The van der Waals surface area contributed by atoms with E-state index >= 15 is 0 Å². The number of nitrogens with one attached hydrogen (secondary N) is 1. The van der Waals surface area contributed by atoms with Crippen LogP contribution in [0.4, 0.5) is 0 Å². The Hall–Kier alpha value is -2.42. The van der Waals surface area contributed by atoms with E-state index in [1.807, 2.05) is 45.2 Å². The summed E-state index contributed by atoms with van der Waals surface area (Å²) in [5.74, 6) is 0.512. The smallest absolute Gasteiger partial charge is 0.251 e. The Labute approximate surface area is 185 Å². The summed E-state index contributed by atoms with van der Waals surface area (Å²) in [6.45, 7) is 6.83. The van der Waals surface area contributed by atoms with Gasteiger partial charge in [-0.1, -0.05) is 24.3 Å². The number of likely N-dealkylation sites (N-methyl/N-ethyl adjacent to an activating group) is 1. The quantitative estimate of drug-likeness (QED) is 0.675. The molecule has 31 heavy (non-hydrogen) atoms. The molecule has 0 bridgehead atoms. The molecule has 7 nitrogen and oxygen atoms in total. The first-order valence-electron chi connectivity index (χ1n) is 10.5. The van der Waals surface area contributed by atoms with E-state index in [4.69, 9.17) is 4.74 Å². The van der Waals surface area contributed by atoms with E-state index in [1.54, 1.807) is 28.6 Å². The zero-order valence-corrected chi connectivity index (χ0v) is 19.2.